The third-order valence-corrected chi connectivity index (χ3v) is 6.33. The predicted molar refractivity (Wildman–Crippen MR) is 154 cm³/mol. The van der Waals surface area contributed by atoms with Crippen LogP contribution in [0.2, 0.25) is 0 Å². The Morgan fingerprint density at radius 2 is 1.92 bits per heavy atom. The molecule has 2 N–H and O–H groups in total. The van der Waals surface area contributed by atoms with Gasteiger partial charge in [0.15, 0.2) is 12.1 Å². The van der Waals surface area contributed by atoms with Crippen molar-refractivity contribution < 1.29 is 9.59 Å². The molecule has 196 valence electrons. The van der Waals surface area contributed by atoms with Crippen molar-refractivity contribution in [1.82, 2.24) is 14.9 Å². The number of nitrogens with zero attached hydrogens (tertiary/aromatic N) is 6. The first kappa shape index (κ1) is 26.5. The molecule has 0 unspecified atom stereocenters. The standard InChI is InChI=1S/C28H32N8O2/c1-5-26(38)31-21-7-6-8-23(18-21)35(4)27-24(29-11-16-37)19-30-28(33-27)32-22-9-10-25(20(2)17-22)36-14-12-34(3)13-15-36/h5-11,16-19H,1,12-15H2,2-4H3,(H,31,38)(H,30,32,33)/b29-11-. The Kier molecular flexibility index (Phi) is 8.44. The van der Waals surface area contributed by atoms with Crippen molar-refractivity contribution in [3.05, 3.63) is 66.9 Å². The first-order valence-corrected chi connectivity index (χ1v) is 12.3. The second kappa shape index (κ2) is 12.1. The highest BCUT2D eigenvalue weighted by Crippen LogP contribution is 2.33. The minimum Gasteiger partial charge on any atom is -0.369 e. The number of likely N-dealkylation sites (N-methyl/N-ethyl adjacent to an activating group) is 1. The molecule has 1 fully saturated rings. The topological polar surface area (TPSA) is 106 Å². The van der Waals surface area contributed by atoms with Crippen molar-refractivity contribution in [3.63, 3.8) is 0 Å². The Labute approximate surface area is 222 Å². The number of aryl methyl sites for hydroxylation is 1. The summed E-state index contributed by atoms with van der Waals surface area (Å²) < 4.78 is 0. The maximum Gasteiger partial charge on any atom is 0.247 e. The number of hydrogen-bond donors (Lipinski definition) is 2. The van der Waals surface area contributed by atoms with Crippen LogP contribution in [0, 0.1) is 6.92 Å². The number of aromatic nitrogens is 2. The van der Waals surface area contributed by atoms with E-state index in [0.29, 0.717) is 29.4 Å². The fourth-order valence-corrected chi connectivity index (χ4v) is 4.25. The number of carbonyl (C=O) groups is 2. The van der Waals surface area contributed by atoms with Crippen LogP contribution in [0.4, 0.5) is 40.2 Å². The Balaban J connectivity index is 1.59. The van der Waals surface area contributed by atoms with Crippen LogP contribution in [-0.2, 0) is 9.59 Å². The second-order valence-electron chi connectivity index (χ2n) is 9.04. The van der Waals surface area contributed by atoms with Gasteiger partial charge in [-0.25, -0.2) is 9.98 Å². The smallest absolute Gasteiger partial charge is 0.247 e. The number of carbonyl (C=O) groups excluding carboxylic acids is 2. The van der Waals surface area contributed by atoms with E-state index in [9.17, 15) is 9.59 Å². The molecule has 1 saturated heterocycles. The van der Waals surface area contributed by atoms with E-state index in [-0.39, 0.29) is 5.91 Å². The number of anilines is 6. The van der Waals surface area contributed by atoms with Gasteiger partial charge in [0, 0.05) is 56.0 Å². The fraction of sp³-hybridized carbons (Fsp3) is 0.250. The van der Waals surface area contributed by atoms with Crippen molar-refractivity contribution in [2.45, 2.75) is 6.92 Å². The summed E-state index contributed by atoms with van der Waals surface area (Å²) in [7, 11) is 3.98. The largest absolute Gasteiger partial charge is 0.369 e. The maximum absolute atomic E-state index is 11.7. The molecule has 0 bridgehead atoms. The minimum absolute atomic E-state index is 0.302. The lowest BCUT2D eigenvalue weighted by Crippen LogP contribution is -2.44. The highest BCUT2D eigenvalue weighted by molar-refractivity contribution is 6.14. The van der Waals surface area contributed by atoms with Gasteiger partial charge in [-0.3, -0.25) is 9.59 Å². The molecule has 1 aliphatic heterocycles. The fourth-order valence-electron chi connectivity index (χ4n) is 4.25. The number of hydrogen-bond acceptors (Lipinski definition) is 9. The molecular weight excluding hydrogens is 480 g/mol. The Hall–Kier alpha value is -4.57. The number of rotatable bonds is 9. The van der Waals surface area contributed by atoms with Crippen LogP contribution < -0.4 is 20.4 Å². The number of amides is 1. The molecule has 1 aromatic heterocycles. The van der Waals surface area contributed by atoms with Gasteiger partial charge in [-0.15, -0.1) is 0 Å². The number of nitrogens with one attached hydrogen (secondary N) is 2. The van der Waals surface area contributed by atoms with Crippen LogP contribution in [0.3, 0.4) is 0 Å². The first-order valence-electron chi connectivity index (χ1n) is 12.3. The van der Waals surface area contributed by atoms with Crippen LogP contribution in [0.1, 0.15) is 5.56 Å². The minimum atomic E-state index is -0.302. The Bertz CT molecular complexity index is 1350. The maximum atomic E-state index is 11.7. The van der Waals surface area contributed by atoms with E-state index in [4.69, 9.17) is 4.98 Å². The number of piperazine rings is 1. The quantitative estimate of drug-likeness (QED) is 0.251. The lowest BCUT2D eigenvalue weighted by atomic mass is 10.1. The highest BCUT2D eigenvalue weighted by Gasteiger charge is 2.17. The molecule has 10 nitrogen and oxygen atoms in total. The normalized spacial score (nSPS) is 13.8. The molecule has 2 heterocycles. The van der Waals surface area contributed by atoms with Gasteiger partial charge in [0.05, 0.1) is 12.4 Å². The van der Waals surface area contributed by atoms with Gasteiger partial charge in [0.2, 0.25) is 11.9 Å². The molecule has 2 aromatic carbocycles. The number of benzene rings is 2. The van der Waals surface area contributed by atoms with E-state index in [1.807, 2.05) is 36.2 Å². The van der Waals surface area contributed by atoms with Gasteiger partial charge in [0.1, 0.15) is 5.69 Å². The van der Waals surface area contributed by atoms with Gasteiger partial charge >= 0.3 is 0 Å². The van der Waals surface area contributed by atoms with Crippen molar-refractivity contribution in [2.75, 3.05) is 60.7 Å². The molecule has 0 spiro atoms. The van der Waals surface area contributed by atoms with Gasteiger partial charge in [-0.1, -0.05) is 12.6 Å². The summed E-state index contributed by atoms with van der Waals surface area (Å²) in [6.07, 6.45) is 4.54. The van der Waals surface area contributed by atoms with E-state index < -0.39 is 0 Å². The monoisotopic (exact) mass is 512 g/mol. The molecule has 0 aliphatic carbocycles. The number of aliphatic imine (C=N–C) groups is 1. The van der Waals surface area contributed by atoms with E-state index in [1.165, 1.54) is 17.3 Å². The van der Waals surface area contributed by atoms with E-state index in [0.717, 1.165) is 43.8 Å². The first-order chi connectivity index (χ1) is 18.4. The molecule has 0 radical (unpaired) electrons. The van der Waals surface area contributed by atoms with E-state index >= 15 is 0 Å². The Morgan fingerprint density at radius 1 is 1.13 bits per heavy atom. The molecule has 0 atom stereocenters. The van der Waals surface area contributed by atoms with Gasteiger partial charge < -0.3 is 25.3 Å². The van der Waals surface area contributed by atoms with Crippen LogP contribution in [0.15, 0.2) is 66.3 Å². The van der Waals surface area contributed by atoms with Crippen LogP contribution >= 0.6 is 0 Å². The zero-order chi connectivity index (χ0) is 27.1. The summed E-state index contributed by atoms with van der Waals surface area (Å²) in [6, 6.07) is 13.5. The lowest BCUT2D eigenvalue weighted by molar-refractivity contribution is -0.111. The molecule has 38 heavy (non-hydrogen) atoms. The van der Waals surface area contributed by atoms with Gasteiger partial charge in [0.25, 0.3) is 0 Å². The zero-order valence-corrected chi connectivity index (χ0v) is 21.9. The van der Waals surface area contributed by atoms with E-state index in [2.05, 4.69) is 63.1 Å². The van der Waals surface area contributed by atoms with Crippen molar-refractivity contribution >= 4 is 58.6 Å². The SMILES string of the molecule is C=CC(=O)Nc1cccc(N(C)c2nc(Nc3ccc(N4CCN(C)CC4)c(C)c3)ncc2/N=C\C=O)c1. The molecule has 1 amide bonds. The summed E-state index contributed by atoms with van der Waals surface area (Å²) in [4.78, 5) is 42.6. The van der Waals surface area contributed by atoms with Crippen LogP contribution in [0.5, 0.6) is 0 Å². The second-order valence-corrected chi connectivity index (χ2v) is 9.04. The highest BCUT2D eigenvalue weighted by atomic mass is 16.1. The van der Waals surface area contributed by atoms with Gasteiger partial charge in [-0.2, -0.15) is 4.98 Å². The summed E-state index contributed by atoms with van der Waals surface area (Å²) >= 11 is 0. The molecular formula is C28H32N8O2. The molecule has 3 aromatic rings. The Morgan fingerprint density at radius 3 is 2.63 bits per heavy atom. The zero-order valence-electron chi connectivity index (χ0n) is 21.9. The average Bonchev–Trinajstić information content (AvgIpc) is 2.92. The third-order valence-electron chi connectivity index (χ3n) is 6.33. The molecule has 1 aliphatic rings. The van der Waals surface area contributed by atoms with Crippen molar-refractivity contribution in [3.8, 4) is 0 Å². The predicted octanol–water partition coefficient (Wildman–Crippen LogP) is 4.07. The molecule has 4 rings (SSSR count). The lowest BCUT2D eigenvalue weighted by Gasteiger charge is -2.35. The molecule has 10 heteroatoms. The van der Waals surface area contributed by atoms with Crippen molar-refractivity contribution in [1.29, 1.82) is 0 Å². The van der Waals surface area contributed by atoms with Crippen LogP contribution in [0.25, 0.3) is 0 Å². The van der Waals surface area contributed by atoms with Crippen molar-refractivity contribution in [2.24, 2.45) is 4.99 Å². The van der Waals surface area contributed by atoms with E-state index in [1.54, 1.807) is 12.3 Å². The molecule has 0 saturated carbocycles. The average molecular weight is 513 g/mol. The third kappa shape index (κ3) is 6.40. The number of aldehydes is 1. The van der Waals surface area contributed by atoms with Crippen LogP contribution in [-0.4, -0.2) is 73.6 Å². The summed E-state index contributed by atoms with van der Waals surface area (Å²) in [5, 5.41) is 6.05. The summed E-state index contributed by atoms with van der Waals surface area (Å²) in [5.74, 6) is 0.571. The van der Waals surface area contributed by atoms with Gasteiger partial charge in [-0.05, 0) is 62.0 Å². The summed E-state index contributed by atoms with van der Waals surface area (Å²) in [6.45, 7) is 9.70. The summed E-state index contributed by atoms with van der Waals surface area (Å²) in [5.41, 5.74) is 5.06.